The summed E-state index contributed by atoms with van der Waals surface area (Å²) in [6.07, 6.45) is 5.26. The highest BCUT2D eigenvalue weighted by Gasteiger charge is 2.08. The van der Waals surface area contributed by atoms with Gasteiger partial charge in [-0.3, -0.25) is 4.68 Å². The third-order valence-corrected chi connectivity index (χ3v) is 3.25. The second kappa shape index (κ2) is 5.40. The van der Waals surface area contributed by atoms with E-state index in [1.54, 1.807) is 6.20 Å². The fourth-order valence-corrected chi connectivity index (χ4v) is 1.91. The molecule has 0 aliphatic carbocycles. The van der Waals surface area contributed by atoms with Crippen LogP contribution in [-0.4, -0.2) is 14.8 Å². The Morgan fingerprint density at radius 3 is 3.00 bits per heavy atom. The van der Waals surface area contributed by atoms with E-state index in [4.69, 9.17) is 17.3 Å². The maximum Gasteiger partial charge on any atom is 0.127 e. The quantitative estimate of drug-likeness (QED) is 0.923. The van der Waals surface area contributed by atoms with Crippen LogP contribution < -0.4 is 5.73 Å². The number of pyridine rings is 1. The van der Waals surface area contributed by atoms with Crippen molar-refractivity contribution in [3.63, 3.8) is 0 Å². The second-order valence-corrected chi connectivity index (χ2v) is 4.86. The molecular weight excluding hydrogens is 248 g/mol. The van der Waals surface area contributed by atoms with Crippen LogP contribution in [0.25, 0.3) is 0 Å². The lowest BCUT2D eigenvalue weighted by Gasteiger charge is -2.08. The molecule has 2 heterocycles. The Morgan fingerprint density at radius 2 is 2.28 bits per heavy atom. The maximum atomic E-state index is 5.92. The number of anilines is 1. The summed E-state index contributed by atoms with van der Waals surface area (Å²) in [7, 11) is 0. The van der Waals surface area contributed by atoms with Crippen molar-refractivity contribution in [3.05, 3.63) is 40.8 Å². The van der Waals surface area contributed by atoms with Gasteiger partial charge in [0, 0.05) is 30.4 Å². The van der Waals surface area contributed by atoms with Crippen LogP contribution in [0.2, 0.25) is 5.02 Å². The smallest absolute Gasteiger partial charge is 0.127 e. The minimum atomic E-state index is 0.411. The average Bonchev–Trinajstić information content (AvgIpc) is 2.81. The molecule has 2 rings (SSSR count). The molecule has 2 aromatic heterocycles. The molecule has 0 radical (unpaired) electrons. The van der Waals surface area contributed by atoms with E-state index in [0.717, 1.165) is 17.7 Å². The van der Waals surface area contributed by atoms with E-state index >= 15 is 0 Å². The van der Waals surface area contributed by atoms with Gasteiger partial charge >= 0.3 is 0 Å². The monoisotopic (exact) mass is 264 g/mol. The van der Waals surface area contributed by atoms with E-state index in [1.807, 2.05) is 23.0 Å². The van der Waals surface area contributed by atoms with E-state index in [1.165, 1.54) is 0 Å². The normalized spacial score (nSPS) is 12.6. The number of halogens is 1. The van der Waals surface area contributed by atoms with Crippen LogP contribution >= 0.6 is 11.6 Å². The number of rotatable bonds is 4. The summed E-state index contributed by atoms with van der Waals surface area (Å²) >= 11 is 5.92. The van der Waals surface area contributed by atoms with Crippen molar-refractivity contribution in [2.45, 2.75) is 32.7 Å². The Labute approximate surface area is 112 Å². The van der Waals surface area contributed by atoms with E-state index < -0.39 is 0 Å². The van der Waals surface area contributed by atoms with Crippen molar-refractivity contribution in [1.82, 2.24) is 14.8 Å². The molecule has 0 spiro atoms. The van der Waals surface area contributed by atoms with Gasteiger partial charge in [-0.25, -0.2) is 4.98 Å². The lowest BCUT2D eigenvalue weighted by molar-refractivity contribution is 0.474. The summed E-state index contributed by atoms with van der Waals surface area (Å²) in [6, 6.07) is 4.26. The molecular formula is C13H17ClN4. The van der Waals surface area contributed by atoms with Crippen LogP contribution in [0.15, 0.2) is 24.5 Å². The molecule has 0 fully saturated rings. The summed E-state index contributed by atoms with van der Waals surface area (Å²) in [4.78, 5) is 4.04. The van der Waals surface area contributed by atoms with Crippen LogP contribution in [-0.2, 0) is 6.42 Å². The summed E-state index contributed by atoms with van der Waals surface area (Å²) in [5, 5.41) is 5.14. The van der Waals surface area contributed by atoms with E-state index in [9.17, 15) is 0 Å². The van der Waals surface area contributed by atoms with Crippen LogP contribution in [0.4, 0.5) is 5.82 Å². The highest BCUT2D eigenvalue weighted by atomic mass is 35.5. The van der Waals surface area contributed by atoms with Gasteiger partial charge < -0.3 is 5.73 Å². The molecule has 0 aromatic carbocycles. The van der Waals surface area contributed by atoms with Crippen LogP contribution in [0.1, 0.15) is 37.6 Å². The van der Waals surface area contributed by atoms with Gasteiger partial charge in [-0.2, -0.15) is 5.10 Å². The first kappa shape index (κ1) is 12.9. The summed E-state index contributed by atoms with van der Waals surface area (Å²) in [5.74, 6) is 0.512. The number of nitrogens with two attached hydrogens (primary N) is 1. The number of nitrogen functional groups attached to an aromatic ring is 1. The molecule has 5 heteroatoms. The van der Waals surface area contributed by atoms with Gasteiger partial charge in [0.25, 0.3) is 0 Å². The lowest BCUT2D eigenvalue weighted by Crippen LogP contribution is -2.05. The molecule has 1 atom stereocenters. The molecule has 2 N–H and O–H groups in total. The largest absolute Gasteiger partial charge is 0.383 e. The maximum absolute atomic E-state index is 5.92. The molecule has 0 saturated carbocycles. The molecule has 2 aromatic rings. The van der Waals surface area contributed by atoms with Gasteiger partial charge in [0.05, 0.1) is 10.7 Å². The van der Waals surface area contributed by atoms with Crippen molar-refractivity contribution in [3.8, 4) is 0 Å². The van der Waals surface area contributed by atoms with E-state index in [2.05, 4.69) is 23.9 Å². The van der Waals surface area contributed by atoms with Crippen molar-refractivity contribution >= 4 is 17.4 Å². The van der Waals surface area contributed by atoms with E-state index in [-0.39, 0.29) is 0 Å². The zero-order valence-corrected chi connectivity index (χ0v) is 11.4. The molecule has 0 bridgehead atoms. The second-order valence-electron chi connectivity index (χ2n) is 4.42. The van der Waals surface area contributed by atoms with Crippen molar-refractivity contribution in [2.75, 3.05) is 5.73 Å². The first-order chi connectivity index (χ1) is 8.60. The third-order valence-electron chi connectivity index (χ3n) is 3.05. The van der Waals surface area contributed by atoms with Gasteiger partial charge in [-0.15, -0.1) is 0 Å². The Bertz CT molecular complexity index is 536. The first-order valence-corrected chi connectivity index (χ1v) is 6.42. The van der Waals surface area contributed by atoms with E-state index in [0.29, 0.717) is 23.3 Å². The zero-order chi connectivity index (χ0) is 13.1. The highest BCUT2D eigenvalue weighted by Crippen LogP contribution is 2.18. The van der Waals surface area contributed by atoms with Crippen molar-refractivity contribution < 1.29 is 0 Å². The van der Waals surface area contributed by atoms with Crippen molar-refractivity contribution in [2.24, 2.45) is 0 Å². The van der Waals surface area contributed by atoms with Crippen LogP contribution in [0.5, 0.6) is 0 Å². The highest BCUT2D eigenvalue weighted by molar-refractivity contribution is 6.30. The molecule has 0 aliphatic heterocycles. The molecule has 1 unspecified atom stereocenters. The minimum absolute atomic E-state index is 0.411. The van der Waals surface area contributed by atoms with Gasteiger partial charge in [0.2, 0.25) is 0 Å². The molecule has 0 amide bonds. The number of hydrogen-bond acceptors (Lipinski definition) is 3. The SMILES string of the molecule is CCC(C)n1ccc(Cc2cc(Cl)cnc2N)n1. The van der Waals surface area contributed by atoms with Crippen LogP contribution in [0.3, 0.4) is 0 Å². The Morgan fingerprint density at radius 1 is 1.50 bits per heavy atom. The Hall–Kier alpha value is -1.55. The van der Waals surface area contributed by atoms with Gasteiger partial charge in [-0.1, -0.05) is 18.5 Å². The first-order valence-electron chi connectivity index (χ1n) is 6.04. The fraction of sp³-hybridized carbons (Fsp3) is 0.385. The molecule has 4 nitrogen and oxygen atoms in total. The third kappa shape index (κ3) is 2.82. The van der Waals surface area contributed by atoms with Crippen LogP contribution in [0, 0.1) is 0 Å². The molecule has 0 saturated heterocycles. The summed E-state index contributed by atoms with van der Waals surface area (Å²) < 4.78 is 1.98. The van der Waals surface area contributed by atoms with Gasteiger partial charge in [0.15, 0.2) is 0 Å². The number of nitrogens with zero attached hydrogens (tertiary/aromatic N) is 3. The molecule has 96 valence electrons. The summed E-state index contributed by atoms with van der Waals surface area (Å²) in [6.45, 7) is 4.29. The predicted octanol–water partition coefficient (Wildman–Crippen LogP) is 3.08. The number of aromatic nitrogens is 3. The minimum Gasteiger partial charge on any atom is -0.383 e. The lowest BCUT2D eigenvalue weighted by atomic mass is 10.1. The number of hydrogen-bond donors (Lipinski definition) is 1. The van der Waals surface area contributed by atoms with Gasteiger partial charge in [-0.05, 0) is 25.5 Å². The van der Waals surface area contributed by atoms with Gasteiger partial charge in [0.1, 0.15) is 5.82 Å². The Balaban J connectivity index is 2.18. The zero-order valence-electron chi connectivity index (χ0n) is 10.6. The summed E-state index contributed by atoms with van der Waals surface area (Å²) in [5.41, 5.74) is 7.72. The molecule has 18 heavy (non-hydrogen) atoms. The standard InChI is InChI=1S/C13H17ClN4/c1-3-9(2)18-5-4-12(17-18)7-10-6-11(14)8-16-13(10)15/h4-6,8-9H,3,7H2,1-2H3,(H2,15,16). The fourth-order valence-electron chi connectivity index (χ4n) is 1.73. The Kier molecular flexibility index (Phi) is 3.87. The average molecular weight is 265 g/mol. The predicted molar refractivity (Wildman–Crippen MR) is 73.7 cm³/mol. The topological polar surface area (TPSA) is 56.7 Å². The molecule has 0 aliphatic rings. The van der Waals surface area contributed by atoms with Crippen molar-refractivity contribution in [1.29, 1.82) is 0 Å².